The van der Waals surface area contributed by atoms with Crippen LogP contribution in [0.1, 0.15) is 52.5 Å². The van der Waals surface area contributed by atoms with Gasteiger partial charge < -0.3 is 9.33 Å². The number of anilines is 3. The molecule has 36 heavy (non-hydrogen) atoms. The molecule has 0 bridgehead atoms. The van der Waals surface area contributed by atoms with E-state index >= 15 is 0 Å². The number of urea groups is 1. The lowest BCUT2D eigenvalue weighted by atomic mass is 9.66. The first-order valence-corrected chi connectivity index (χ1v) is 13.0. The predicted octanol–water partition coefficient (Wildman–Crippen LogP) is 5.32. The molecule has 10 heteroatoms. The molecule has 4 rings (SSSR count). The fourth-order valence-corrected chi connectivity index (χ4v) is 6.15. The lowest BCUT2D eigenvalue weighted by Gasteiger charge is -2.52. The molecule has 189 valence electrons. The van der Waals surface area contributed by atoms with Crippen molar-refractivity contribution in [3.8, 4) is 6.07 Å². The molecule has 2 amide bonds. The fraction of sp³-hybridized carbons (Fsp3) is 0.538. The predicted molar refractivity (Wildman–Crippen MR) is 142 cm³/mol. The summed E-state index contributed by atoms with van der Waals surface area (Å²) in [6.45, 7) is 9.17. The quantitative estimate of drug-likeness (QED) is 0.300. The molecule has 8 nitrogen and oxygen atoms in total. The van der Waals surface area contributed by atoms with Crippen molar-refractivity contribution in [2.45, 2.75) is 59.2 Å². The average molecular weight is 524 g/mol. The summed E-state index contributed by atoms with van der Waals surface area (Å²) in [6, 6.07) is 8.89. The molecular formula is C26H32ClN6O2Si. The van der Waals surface area contributed by atoms with E-state index in [-0.39, 0.29) is 30.5 Å². The van der Waals surface area contributed by atoms with Crippen LogP contribution in [0.5, 0.6) is 0 Å². The summed E-state index contributed by atoms with van der Waals surface area (Å²) in [4.78, 5) is 27.8. The van der Waals surface area contributed by atoms with E-state index in [0.717, 1.165) is 24.8 Å². The lowest BCUT2D eigenvalue weighted by Crippen LogP contribution is -2.57. The molecule has 2 aromatic rings. The van der Waals surface area contributed by atoms with Gasteiger partial charge in [-0.3, -0.25) is 9.80 Å². The number of carbonyl (C=O) groups excluding carboxylic acids is 1. The maximum Gasteiger partial charge on any atom is 0.331 e. The van der Waals surface area contributed by atoms with Gasteiger partial charge in [-0.25, -0.2) is 9.78 Å². The average Bonchev–Trinajstić information content (AvgIpc) is 2.85. The molecule has 1 saturated carbocycles. The van der Waals surface area contributed by atoms with Gasteiger partial charge in [0.15, 0.2) is 0 Å². The van der Waals surface area contributed by atoms with Gasteiger partial charge in [0.1, 0.15) is 18.1 Å². The summed E-state index contributed by atoms with van der Waals surface area (Å²) < 4.78 is 5.99. The molecule has 3 unspecified atom stereocenters. The van der Waals surface area contributed by atoms with E-state index in [0.29, 0.717) is 28.4 Å². The molecule has 1 fully saturated rings. The highest BCUT2D eigenvalue weighted by Crippen LogP contribution is 2.47. The van der Waals surface area contributed by atoms with Gasteiger partial charge >= 0.3 is 6.03 Å². The highest BCUT2D eigenvalue weighted by molar-refractivity contribution is 6.34. The van der Waals surface area contributed by atoms with E-state index in [1.165, 1.54) is 4.90 Å². The highest BCUT2D eigenvalue weighted by atomic mass is 35.5. The number of fused-ring (bicyclic) bond motifs is 1. The van der Waals surface area contributed by atoms with Crippen LogP contribution >= 0.6 is 11.6 Å². The van der Waals surface area contributed by atoms with Crippen molar-refractivity contribution in [3.05, 3.63) is 41.0 Å². The summed E-state index contributed by atoms with van der Waals surface area (Å²) >= 11 is 6.38. The maximum absolute atomic E-state index is 13.5. The van der Waals surface area contributed by atoms with Crippen molar-refractivity contribution in [2.75, 3.05) is 28.3 Å². The summed E-state index contributed by atoms with van der Waals surface area (Å²) in [5.41, 5.74) is 0.892. The molecule has 1 aliphatic heterocycles. The van der Waals surface area contributed by atoms with Crippen LogP contribution in [0, 0.1) is 28.6 Å². The molecule has 0 saturated heterocycles. The molecule has 1 aliphatic carbocycles. The Morgan fingerprint density at radius 2 is 2.08 bits per heavy atom. The number of amides is 2. The van der Waals surface area contributed by atoms with Crippen LogP contribution in [0.3, 0.4) is 0 Å². The van der Waals surface area contributed by atoms with Gasteiger partial charge in [0.2, 0.25) is 16.4 Å². The molecule has 1 aromatic heterocycles. The lowest BCUT2D eigenvalue weighted by molar-refractivity contribution is -0.0433. The second kappa shape index (κ2) is 10.00. The van der Waals surface area contributed by atoms with Gasteiger partial charge in [-0.2, -0.15) is 10.2 Å². The van der Waals surface area contributed by atoms with Crippen LogP contribution in [0.4, 0.5) is 22.2 Å². The number of nitriles is 1. The van der Waals surface area contributed by atoms with Crippen LogP contribution < -0.4 is 14.7 Å². The van der Waals surface area contributed by atoms with Gasteiger partial charge in [-0.15, -0.1) is 0 Å². The molecule has 1 aromatic carbocycles. The van der Waals surface area contributed by atoms with Crippen molar-refractivity contribution in [1.82, 2.24) is 9.97 Å². The molecule has 0 spiro atoms. The number of para-hydroxylation sites is 1. The highest BCUT2D eigenvalue weighted by Gasteiger charge is 2.48. The second-order valence-corrected chi connectivity index (χ2v) is 11.4. The first kappa shape index (κ1) is 26.4. The zero-order chi connectivity index (χ0) is 26.3. The van der Waals surface area contributed by atoms with Gasteiger partial charge in [-0.05, 0) is 42.7 Å². The van der Waals surface area contributed by atoms with Crippen molar-refractivity contribution in [2.24, 2.45) is 17.3 Å². The number of rotatable bonds is 5. The van der Waals surface area contributed by atoms with Crippen molar-refractivity contribution >= 4 is 45.6 Å². The molecule has 2 aliphatic rings. The number of halogens is 1. The van der Waals surface area contributed by atoms with Crippen LogP contribution in [0.15, 0.2) is 30.5 Å². The van der Waals surface area contributed by atoms with E-state index in [4.69, 9.17) is 21.0 Å². The SMILES string of the molecule is CC1CC(C(C)(C)C)CCC1(O[Si])N(C)c1ncc2c(n1)N(CC#N)C(=O)N(c1ccccc1Cl)C2. The van der Waals surface area contributed by atoms with E-state index in [2.05, 4.69) is 49.2 Å². The Kier molecular flexibility index (Phi) is 7.33. The number of aromatic nitrogens is 2. The summed E-state index contributed by atoms with van der Waals surface area (Å²) in [5.74, 6) is 1.65. The monoisotopic (exact) mass is 523 g/mol. The van der Waals surface area contributed by atoms with Crippen LogP contribution in [-0.4, -0.2) is 45.8 Å². The van der Waals surface area contributed by atoms with E-state index in [9.17, 15) is 10.1 Å². The number of carbonyl (C=O) groups is 1. The fourth-order valence-electron chi connectivity index (χ4n) is 5.47. The van der Waals surface area contributed by atoms with Crippen LogP contribution in [-0.2, 0) is 11.0 Å². The van der Waals surface area contributed by atoms with Crippen LogP contribution in [0.2, 0.25) is 5.02 Å². The Balaban J connectivity index is 1.68. The van der Waals surface area contributed by atoms with Gasteiger partial charge in [0, 0.05) is 24.7 Å². The second-order valence-electron chi connectivity index (χ2n) is 10.8. The normalized spacial score (nSPS) is 24.3. The van der Waals surface area contributed by atoms with Gasteiger partial charge in [-0.1, -0.05) is 51.4 Å². The number of hydrogen-bond acceptors (Lipinski definition) is 6. The largest absolute Gasteiger partial charge is 0.396 e. The molecule has 3 atom stereocenters. The zero-order valence-corrected chi connectivity index (χ0v) is 23.2. The van der Waals surface area contributed by atoms with E-state index < -0.39 is 5.72 Å². The standard InChI is InChI=1S/C26H32ClN6O2Si/c1-17-14-19(25(2,3)4)10-11-26(17,35-36)31(5)23-29-15-18-16-33(21-9-7-6-8-20(21)27)24(34)32(13-12-28)22(18)30-23/h6-9,15,17,19H,10-11,13-14,16H2,1-5H3. The number of nitrogens with zero attached hydrogens (tertiary/aromatic N) is 6. The Morgan fingerprint density at radius 3 is 2.69 bits per heavy atom. The maximum atomic E-state index is 13.5. The zero-order valence-electron chi connectivity index (χ0n) is 21.5. The third kappa shape index (κ3) is 4.58. The minimum Gasteiger partial charge on any atom is -0.396 e. The molecule has 2 heterocycles. The third-order valence-electron chi connectivity index (χ3n) is 7.78. The Labute approximate surface area is 221 Å². The molecule has 0 N–H and O–H groups in total. The third-order valence-corrected chi connectivity index (χ3v) is 8.45. The summed E-state index contributed by atoms with van der Waals surface area (Å²) in [6.07, 6.45) is 4.55. The van der Waals surface area contributed by atoms with Gasteiger partial charge in [0.25, 0.3) is 0 Å². The van der Waals surface area contributed by atoms with Crippen molar-refractivity contribution < 1.29 is 9.22 Å². The minimum absolute atomic E-state index is 0.142. The van der Waals surface area contributed by atoms with Crippen LogP contribution in [0.25, 0.3) is 0 Å². The molecular weight excluding hydrogens is 492 g/mol. The topological polar surface area (TPSA) is 85.6 Å². The van der Waals surface area contributed by atoms with Crippen molar-refractivity contribution in [1.29, 1.82) is 5.26 Å². The number of hydrogen-bond donors (Lipinski definition) is 0. The smallest absolute Gasteiger partial charge is 0.331 e. The van der Waals surface area contributed by atoms with Crippen molar-refractivity contribution in [3.63, 3.8) is 0 Å². The minimum atomic E-state index is -0.644. The first-order chi connectivity index (χ1) is 17.0. The van der Waals surface area contributed by atoms with E-state index in [1.54, 1.807) is 23.2 Å². The number of benzene rings is 1. The Morgan fingerprint density at radius 1 is 1.36 bits per heavy atom. The summed E-state index contributed by atoms with van der Waals surface area (Å²) in [7, 11) is 5.29. The summed E-state index contributed by atoms with van der Waals surface area (Å²) in [5, 5.41) is 9.95. The van der Waals surface area contributed by atoms with Gasteiger partial charge in [0.05, 0.1) is 23.3 Å². The first-order valence-electron chi connectivity index (χ1n) is 12.2. The Bertz CT molecular complexity index is 1180. The Hall–Kier alpha value is -2.67. The molecule has 3 radical (unpaired) electrons. The van der Waals surface area contributed by atoms with E-state index in [1.807, 2.05) is 24.1 Å².